The molecule has 88 valence electrons. The average Bonchev–Trinajstić information content (AvgIpc) is 2.16. The standard InChI is InChI=1S/C10H11F2NO3/c1-6(14)4-7-2-3-8(13(15)16)5-9(7)10(11)12/h2-3,5-6,10,14H,4H2,1H3. The first-order valence-corrected chi connectivity index (χ1v) is 4.65. The quantitative estimate of drug-likeness (QED) is 0.639. The lowest BCUT2D eigenvalue weighted by molar-refractivity contribution is -0.385. The first-order chi connectivity index (χ1) is 7.41. The van der Waals surface area contributed by atoms with Gasteiger partial charge in [-0.05, 0) is 18.9 Å². The average molecular weight is 231 g/mol. The summed E-state index contributed by atoms with van der Waals surface area (Å²) in [6.45, 7) is 1.47. The van der Waals surface area contributed by atoms with E-state index in [1.165, 1.54) is 13.0 Å². The number of nitrogens with zero attached hydrogens (tertiary/aromatic N) is 1. The highest BCUT2D eigenvalue weighted by Gasteiger charge is 2.18. The number of benzene rings is 1. The Kier molecular flexibility index (Phi) is 3.89. The fraction of sp³-hybridized carbons (Fsp3) is 0.400. The van der Waals surface area contributed by atoms with Crippen LogP contribution in [-0.4, -0.2) is 16.1 Å². The van der Waals surface area contributed by atoms with Gasteiger partial charge in [0.1, 0.15) is 0 Å². The SMILES string of the molecule is CC(O)Cc1ccc([N+](=O)[O-])cc1C(F)F. The topological polar surface area (TPSA) is 63.4 Å². The van der Waals surface area contributed by atoms with Crippen LogP contribution in [0.1, 0.15) is 24.5 Å². The van der Waals surface area contributed by atoms with Gasteiger partial charge in [-0.2, -0.15) is 0 Å². The van der Waals surface area contributed by atoms with Crippen molar-refractivity contribution in [2.24, 2.45) is 0 Å². The Hall–Kier alpha value is -1.56. The number of hydrogen-bond donors (Lipinski definition) is 1. The smallest absolute Gasteiger partial charge is 0.269 e. The van der Waals surface area contributed by atoms with Crippen molar-refractivity contribution in [2.45, 2.75) is 25.9 Å². The summed E-state index contributed by atoms with van der Waals surface area (Å²) in [4.78, 5) is 9.70. The lowest BCUT2D eigenvalue weighted by Crippen LogP contribution is -2.07. The van der Waals surface area contributed by atoms with Gasteiger partial charge in [0, 0.05) is 17.7 Å². The Morgan fingerprint density at radius 1 is 1.50 bits per heavy atom. The number of nitro groups is 1. The number of rotatable bonds is 4. The molecule has 16 heavy (non-hydrogen) atoms. The molecule has 0 bridgehead atoms. The van der Waals surface area contributed by atoms with Crippen LogP contribution in [0.3, 0.4) is 0 Å². The van der Waals surface area contributed by atoms with E-state index in [4.69, 9.17) is 5.11 Å². The van der Waals surface area contributed by atoms with Crippen LogP contribution >= 0.6 is 0 Å². The van der Waals surface area contributed by atoms with Crippen LogP contribution in [0.2, 0.25) is 0 Å². The second-order valence-corrected chi connectivity index (χ2v) is 3.49. The van der Waals surface area contributed by atoms with Crippen LogP contribution in [0, 0.1) is 10.1 Å². The zero-order valence-electron chi connectivity index (χ0n) is 8.56. The minimum absolute atomic E-state index is 0.0532. The molecule has 1 atom stereocenters. The summed E-state index contributed by atoms with van der Waals surface area (Å²) in [6, 6.07) is 3.26. The van der Waals surface area contributed by atoms with E-state index in [-0.39, 0.29) is 17.7 Å². The molecule has 4 nitrogen and oxygen atoms in total. The molecule has 0 radical (unpaired) electrons. The summed E-state index contributed by atoms with van der Waals surface area (Å²) in [5.41, 5.74) is -0.532. The molecule has 1 aromatic rings. The lowest BCUT2D eigenvalue weighted by Gasteiger charge is -2.10. The highest BCUT2D eigenvalue weighted by molar-refractivity contribution is 5.40. The molecular formula is C10H11F2NO3. The molecule has 1 unspecified atom stereocenters. The molecule has 0 aliphatic rings. The number of nitro benzene ring substituents is 1. The Balaban J connectivity index is 3.14. The predicted octanol–water partition coefficient (Wildman–Crippen LogP) is 2.46. The Morgan fingerprint density at radius 3 is 2.56 bits per heavy atom. The van der Waals surface area contributed by atoms with Crippen LogP contribution < -0.4 is 0 Å². The molecule has 0 aliphatic carbocycles. The van der Waals surface area contributed by atoms with Crippen molar-refractivity contribution >= 4 is 5.69 Å². The van der Waals surface area contributed by atoms with Crippen molar-refractivity contribution in [3.8, 4) is 0 Å². The normalized spacial score (nSPS) is 12.8. The molecule has 0 amide bonds. The van der Waals surface area contributed by atoms with Crippen LogP contribution in [-0.2, 0) is 6.42 Å². The van der Waals surface area contributed by atoms with E-state index in [2.05, 4.69) is 0 Å². The highest BCUT2D eigenvalue weighted by atomic mass is 19.3. The van der Waals surface area contributed by atoms with Gasteiger partial charge in [-0.1, -0.05) is 6.07 Å². The monoisotopic (exact) mass is 231 g/mol. The summed E-state index contributed by atoms with van der Waals surface area (Å²) in [6.07, 6.45) is -3.50. The second-order valence-electron chi connectivity index (χ2n) is 3.49. The van der Waals surface area contributed by atoms with E-state index >= 15 is 0 Å². The summed E-state index contributed by atoms with van der Waals surface area (Å²) in [5.74, 6) is 0. The summed E-state index contributed by atoms with van der Waals surface area (Å²) in [7, 11) is 0. The molecule has 0 saturated heterocycles. The molecule has 0 spiro atoms. The summed E-state index contributed by atoms with van der Waals surface area (Å²) >= 11 is 0. The van der Waals surface area contributed by atoms with Crippen molar-refractivity contribution in [3.05, 3.63) is 39.4 Å². The molecule has 0 aromatic heterocycles. The van der Waals surface area contributed by atoms with E-state index < -0.39 is 23.0 Å². The van der Waals surface area contributed by atoms with Gasteiger partial charge < -0.3 is 5.11 Å². The molecule has 6 heteroatoms. The van der Waals surface area contributed by atoms with Crippen molar-refractivity contribution < 1.29 is 18.8 Å². The molecule has 1 aromatic carbocycles. The molecule has 0 saturated carbocycles. The molecule has 1 rings (SSSR count). The van der Waals surface area contributed by atoms with Gasteiger partial charge >= 0.3 is 0 Å². The van der Waals surface area contributed by atoms with Gasteiger partial charge in [0.2, 0.25) is 0 Å². The number of halogens is 2. The third-order valence-corrected chi connectivity index (χ3v) is 2.09. The van der Waals surface area contributed by atoms with Crippen LogP contribution in [0.5, 0.6) is 0 Å². The van der Waals surface area contributed by atoms with Crippen molar-refractivity contribution in [1.82, 2.24) is 0 Å². The first-order valence-electron chi connectivity index (χ1n) is 4.65. The fourth-order valence-corrected chi connectivity index (χ4v) is 1.40. The zero-order chi connectivity index (χ0) is 12.3. The van der Waals surface area contributed by atoms with Gasteiger partial charge in [0.25, 0.3) is 12.1 Å². The Bertz CT molecular complexity index is 394. The molecule has 1 N–H and O–H groups in total. The van der Waals surface area contributed by atoms with Crippen molar-refractivity contribution in [1.29, 1.82) is 0 Å². The van der Waals surface area contributed by atoms with Gasteiger partial charge in [-0.25, -0.2) is 8.78 Å². The molecule has 0 heterocycles. The number of hydrogen-bond acceptors (Lipinski definition) is 3. The van der Waals surface area contributed by atoms with E-state index in [9.17, 15) is 18.9 Å². The largest absolute Gasteiger partial charge is 0.393 e. The number of aliphatic hydroxyl groups is 1. The third kappa shape index (κ3) is 2.96. The predicted molar refractivity (Wildman–Crippen MR) is 53.4 cm³/mol. The highest BCUT2D eigenvalue weighted by Crippen LogP contribution is 2.27. The second kappa shape index (κ2) is 4.98. The summed E-state index contributed by atoms with van der Waals surface area (Å²) < 4.78 is 25.2. The Morgan fingerprint density at radius 2 is 2.12 bits per heavy atom. The zero-order valence-corrected chi connectivity index (χ0v) is 8.56. The van der Waals surface area contributed by atoms with E-state index in [0.29, 0.717) is 0 Å². The van der Waals surface area contributed by atoms with E-state index in [0.717, 1.165) is 12.1 Å². The minimum Gasteiger partial charge on any atom is -0.393 e. The van der Waals surface area contributed by atoms with Gasteiger partial charge in [0.15, 0.2) is 0 Å². The van der Waals surface area contributed by atoms with Crippen LogP contribution in [0.4, 0.5) is 14.5 Å². The third-order valence-electron chi connectivity index (χ3n) is 2.09. The minimum atomic E-state index is -2.78. The number of non-ortho nitro benzene ring substituents is 1. The lowest BCUT2D eigenvalue weighted by atomic mass is 10.0. The maximum absolute atomic E-state index is 12.6. The van der Waals surface area contributed by atoms with Crippen molar-refractivity contribution in [2.75, 3.05) is 0 Å². The maximum Gasteiger partial charge on any atom is 0.269 e. The summed E-state index contributed by atoms with van der Waals surface area (Å²) in [5, 5.41) is 19.5. The van der Waals surface area contributed by atoms with Crippen LogP contribution in [0.15, 0.2) is 18.2 Å². The van der Waals surface area contributed by atoms with Gasteiger partial charge in [-0.15, -0.1) is 0 Å². The van der Waals surface area contributed by atoms with E-state index in [1.807, 2.05) is 0 Å². The van der Waals surface area contributed by atoms with Crippen molar-refractivity contribution in [3.63, 3.8) is 0 Å². The van der Waals surface area contributed by atoms with Gasteiger partial charge in [-0.3, -0.25) is 10.1 Å². The first kappa shape index (κ1) is 12.5. The van der Waals surface area contributed by atoms with E-state index in [1.54, 1.807) is 0 Å². The molecule has 0 fully saturated rings. The molecule has 0 aliphatic heterocycles. The Labute approximate surface area is 90.7 Å². The molecular weight excluding hydrogens is 220 g/mol. The number of aliphatic hydroxyl groups excluding tert-OH is 1. The van der Waals surface area contributed by atoms with Gasteiger partial charge in [0.05, 0.1) is 11.0 Å². The number of alkyl halides is 2. The van der Waals surface area contributed by atoms with Crippen LogP contribution in [0.25, 0.3) is 0 Å². The fourth-order valence-electron chi connectivity index (χ4n) is 1.40. The maximum atomic E-state index is 12.6.